The van der Waals surface area contributed by atoms with E-state index in [0.717, 1.165) is 34.4 Å². The first kappa shape index (κ1) is 9.21. The maximum atomic E-state index is 5.69. The number of nitrogens with zero attached hydrogens (tertiary/aromatic N) is 1. The van der Waals surface area contributed by atoms with E-state index in [4.69, 9.17) is 4.74 Å². The first-order chi connectivity index (χ1) is 7.83. The Labute approximate surface area is 93.4 Å². The van der Waals surface area contributed by atoms with Crippen LogP contribution in [0.2, 0.25) is 0 Å². The lowest BCUT2D eigenvalue weighted by Crippen LogP contribution is -1.94. The third-order valence-corrected chi connectivity index (χ3v) is 2.70. The Hall–Kier alpha value is -2.03. The number of H-pyrrole nitrogens is 1. The van der Waals surface area contributed by atoms with Crippen molar-refractivity contribution in [1.82, 2.24) is 10.2 Å². The molecule has 0 spiro atoms. The number of benzene rings is 1. The van der Waals surface area contributed by atoms with Gasteiger partial charge in [0.1, 0.15) is 5.76 Å². The van der Waals surface area contributed by atoms with E-state index < -0.39 is 0 Å². The van der Waals surface area contributed by atoms with Crippen LogP contribution in [-0.4, -0.2) is 10.2 Å². The van der Waals surface area contributed by atoms with Crippen LogP contribution in [0.25, 0.3) is 16.7 Å². The lowest BCUT2D eigenvalue weighted by molar-refractivity contribution is 0.376. The number of ether oxygens (including phenoxy) is 1. The van der Waals surface area contributed by atoms with E-state index in [9.17, 15) is 0 Å². The maximum Gasteiger partial charge on any atom is 0.130 e. The summed E-state index contributed by atoms with van der Waals surface area (Å²) >= 11 is 0. The molecule has 0 aliphatic carbocycles. The molecule has 0 radical (unpaired) electrons. The second-order valence-electron chi connectivity index (χ2n) is 3.89. The molecule has 1 aliphatic rings. The summed E-state index contributed by atoms with van der Waals surface area (Å²) in [5.41, 5.74) is 2.15. The summed E-state index contributed by atoms with van der Waals surface area (Å²) in [7, 11) is 0. The third-order valence-electron chi connectivity index (χ3n) is 2.70. The van der Waals surface area contributed by atoms with Crippen molar-refractivity contribution >= 4 is 16.7 Å². The van der Waals surface area contributed by atoms with E-state index >= 15 is 0 Å². The molecule has 2 aromatic rings. The fraction of sp³-hybridized carbons (Fsp3) is 0.154. The minimum absolute atomic E-state index is 0.933. The highest BCUT2D eigenvalue weighted by Crippen LogP contribution is 2.26. The van der Waals surface area contributed by atoms with Crippen LogP contribution in [0.1, 0.15) is 18.9 Å². The Morgan fingerprint density at radius 3 is 3.12 bits per heavy atom. The van der Waals surface area contributed by atoms with Gasteiger partial charge in [0.15, 0.2) is 0 Å². The summed E-state index contributed by atoms with van der Waals surface area (Å²) in [6, 6.07) is 6.16. The van der Waals surface area contributed by atoms with Crippen LogP contribution in [0.5, 0.6) is 0 Å². The molecule has 3 nitrogen and oxygen atoms in total. The summed E-state index contributed by atoms with van der Waals surface area (Å²) in [5.74, 6) is 1.90. The quantitative estimate of drug-likeness (QED) is 0.788. The molecule has 0 atom stereocenters. The minimum Gasteiger partial charge on any atom is -0.462 e. The molecule has 3 heteroatoms. The predicted molar refractivity (Wildman–Crippen MR) is 63.5 cm³/mol. The van der Waals surface area contributed by atoms with Gasteiger partial charge in [-0.1, -0.05) is 0 Å². The molecule has 0 saturated heterocycles. The van der Waals surface area contributed by atoms with E-state index in [1.54, 1.807) is 0 Å². The molecule has 0 saturated carbocycles. The molecular weight excluding hydrogens is 200 g/mol. The highest BCUT2D eigenvalue weighted by molar-refractivity contribution is 5.82. The largest absolute Gasteiger partial charge is 0.462 e. The Kier molecular flexibility index (Phi) is 2.03. The van der Waals surface area contributed by atoms with Gasteiger partial charge in [0.2, 0.25) is 0 Å². The van der Waals surface area contributed by atoms with Crippen molar-refractivity contribution in [1.29, 1.82) is 0 Å². The van der Waals surface area contributed by atoms with Gasteiger partial charge in [0.25, 0.3) is 0 Å². The topological polar surface area (TPSA) is 37.9 Å². The number of hydrogen-bond acceptors (Lipinski definition) is 2. The first-order valence-corrected chi connectivity index (χ1v) is 5.31. The predicted octanol–water partition coefficient (Wildman–Crippen LogP) is 3.23. The average molecular weight is 212 g/mol. The summed E-state index contributed by atoms with van der Waals surface area (Å²) < 4.78 is 5.69. The Morgan fingerprint density at radius 2 is 2.25 bits per heavy atom. The van der Waals surface area contributed by atoms with E-state index in [1.165, 1.54) is 0 Å². The fourth-order valence-electron chi connectivity index (χ4n) is 1.86. The van der Waals surface area contributed by atoms with Crippen molar-refractivity contribution in [3.05, 3.63) is 47.9 Å². The maximum absolute atomic E-state index is 5.69. The molecular formula is C13H12N2O. The van der Waals surface area contributed by atoms with Crippen LogP contribution in [0.3, 0.4) is 0 Å². The van der Waals surface area contributed by atoms with E-state index in [1.807, 2.05) is 25.3 Å². The van der Waals surface area contributed by atoms with Gasteiger partial charge in [-0.05, 0) is 43.7 Å². The zero-order chi connectivity index (χ0) is 11.0. The number of fused-ring (bicyclic) bond motifs is 1. The summed E-state index contributed by atoms with van der Waals surface area (Å²) in [5, 5.41) is 8.05. The lowest BCUT2D eigenvalue weighted by atomic mass is 10.1. The van der Waals surface area contributed by atoms with Crippen LogP contribution < -0.4 is 0 Å². The normalized spacial score (nSPS) is 15.6. The van der Waals surface area contributed by atoms with Crippen molar-refractivity contribution in [3.8, 4) is 0 Å². The van der Waals surface area contributed by atoms with Gasteiger partial charge in [-0.3, -0.25) is 5.10 Å². The highest BCUT2D eigenvalue weighted by atomic mass is 16.5. The lowest BCUT2D eigenvalue weighted by Gasteiger charge is -2.14. The second-order valence-corrected chi connectivity index (χ2v) is 3.89. The fourth-order valence-corrected chi connectivity index (χ4v) is 1.86. The zero-order valence-corrected chi connectivity index (χ0v) is 9.03. The number of aromatic amines is 1. The van der Waals surface area contributed by atoms with Gasteiger partial charge < -0.3 is 4.74 Å². The SMILES string of the molecule is CC1=CCC=C(c2ccc3[nH]ncc3c2)O1. The Bertz CT molecular complexity index is 593. The van der Waals surface area contributed by atoms with Crippen LogP contribution in [0.4, 0.5) is 0 Å². The summed E-state index contributed by atoms with van der Waals surface area (Å²) in [4.78, 5) is 0. The van der Waals surface area contributed by atoms with Crippen LogP contribution in [0.15, 0.2) is 42.3 Å². The van der Waals surface area contributed by atoms with Crippen molar-refractivity contribution in [2.24, 2.45) is 0 Å². The van der Waals surface area contributed by atoms with Crippen molar-refractivity contribution in [3.63, 3.8) is 0 Å². The van der Waals surface area contributed by atoms with Crippen LogP contribution >= 0.6 is 0 Å². The van der Waals surface area contributed by atoms with Gasteiger partial charge in [-0.25, -0.2) is 0 Å². The molecule has 0 fully saturated rings. The molecule has 3 rings (SSSR count). The molecule has 0 bridgehead atoms. The summed E-state index contributed by atoms with van der Waals surface area (Å²) in [6.45, 7) is 1.98. The zero-order valence-electron chi connectivity index (χ0n) is 9.03. The van der Waals surface area contributed by atoms with Crippen LogP contribution in [0, 0.1) is 0 Å². The molecule has 0 unspecified atom stereocenters. The molecule has 1 aromatic carbocycles. The van der Waals surface area contributed by atoms with E-state index in [0.29, 0.717) is 0 Å². The van der Waals surface area contributed by atoms with E-state index in [2.05, 4.69) is 28.4 Å². The molecule has 1 N–H and O–H groups in total. The molecule has 1 aromatic heterocycles. The number of allylic oxidation sites excluding steroid dienone is 3. The Balaban J connectivity index is 2.02. The number of aromatic nitrogens is 2. The first-order valence-electron chi connectivity index (χ1n) is 5.31. The van der Waals surface area contributed by atoms with Crippen molar-refractivity contribution in [2.75, 3.05) is 0 Å². The average Bonchev–Trinajstić information content (AvgIpc) is 2.75. The Morgan fingerprint density at radius 1 is 1.31 bits per heavy atom. The van der Waals surface area contributed by atoms with Gasteiger partial charge in [-0.2, -0.15) is 5.10 Å². The molecule has 16 heavy (non-hydrogen) atoms. The number of rotatable bonds is 1. The monoisotopic (exact) mass is 212 g/mol. The highest BCUT2D eigenvalue weighted by Gasteiger charge is 2.08. The molecule has 2 heterocycles. The minimum atomic E-state index is 0.933. The number of nitrogens with one attached hydrogen (secondary N) is 1. The van der Waals surface area contributed by atoms with Gasteiger partial charge in [-0.15, -0.1) is 0 Å². The standard InChI is InChI=1S/C13H12N2O/c1-9-3-2-4-13(16-9)10-5-6-12-11(7-10)8-14-15-12/h3-8H,2H2,1H3,(H,14,15). The van der Waals surface area contributed by atoms with Gasteiger partial charge >= 0.3 is 0 Å². The van der Waals surface area contributed by atoms with E-state index in [-0.39, 0.29) is 0 Å². The molecule has 0 amide bonds. The smallest absolute Gasteiger partial charge is 0.130 e. The van der Waals surface area contributed by atoms with Crippen LogP contribution in [-0.2, 0) is 4.74 Å². The van der Waals surface area contributed by atoms with Crippen molar-refractivity contribution < 1.29 is 4.74 Å². The third kappa shape index (κ3) is 1.50. The molecule has 1 aliphatic heterocycles. The molecule has 80 valence electrons. The number of hydrogen-bond donors (Lipinski definition) is 1. The van der Waals surface area contributed by atoms with Crippen molar-refractivity contribution in [2.45, 2.75) is 13.3 Å². The second kappa shape index (κ2) is 3.52. The summed E-state index contributed by atoms with van der Waals surface area (Å²) in [6.07, 6.45) is 6.92. The van der Waals surface area contributed by atoms with Gasteiger partial charge in [0.05, 0.1) is 17.5 Å². The van der Waals surface area contributed by atoms with Gasteiger partial charge in [0, 0.05) is 10.9 Å².